The topological polar surface area (TPSA) is 86.2 Å². The number of rotatable bonds is 3. The highest BCUT2D eigenvalue weighted by Crippen LogP contribution is 2.50. The summed E-state index contributed by atoms with van der Waals surface area (Å²) in [6.07, 6.45) is 3.31. The molecule has 0 saturated heterocycles. The standard InChI is InChI=1S/C8H10N2O3/c11-6(7(12)13)8(1-2-8)5-3-9-10-4-5/h3-4,6,11H,1-2H2,(H,9,10)(H,12,13). The molecule has 0 aliphatic heterocycles. The van der Waals surface area contributed by atoms with Crippen molar-refractivity contribution in [3.8, 4) is 0 Å². The van der Waals surface area contributed by atoms with Gasteiger partial charge in [0.2, 0.25) is 0 Å². The minimum atomic E-state index is -1.31. The Morgan fingerprint density at radius 3 is 2.77 bits per heavy atom. The molecule has 1 aromatic rings. The Balaban J connectivity index is 2.27. The van der Waals surface area contributed by atoms with E-state index in [1.54, 1.807) is 12.4 Å². The molecule has 1 aliphatic carbocycles. The summed E-state index contributed by atoms with van der Waals surface area (Å²) in [6.45, 7) is 0. The van der Waals surface area contributed by atoms with Gasteiger partial charge in [-0.1, -0.05) is 0 Å². The summed E-state index contributed by atoms with van der Waals surface area (Å²) in [6, 6.07) is 0. The predicted molar refractivity (Wildman–Crippen MR) is 43.1 cm³/mol. The molecule has 1 saturated carbocycles. The average molecular weight is 182 g/mol. The highest BCUT2D eigenvalue weighted by molar-refractivity contribution is 5.75. The van der Waals surface area contributed by atoms with Crippen molar-refractivity contribution in [1.29, 1.82) is 0 Å². The lowest BCUT2D eigenvalue weighted by atomic mass is 9.93. The molecular formula is C8H10N2O3. The van der Waals surface area contributed by atoms with Crippen LogP contribution in [0, 0.1) is 0 Å². The number of aromatic nitrogens is 2. The Kier molecular flexibility index (Phi) is 1.63. The summed E-state index contributed by atoms with van der Waals surface area (Å²) in [5.41, 5.74) is 0.196. The van der Waals surface area contributed by atoms with E-state index in [4.69, 9.17) is 5.11 Å². The first kappa shape index (κ1) is 8.25. The van der Waals surface area contributed by atoms with Crippen LogP contribution in [-0.2, 0) is 10.2 Å². The van der Waals surface area contributed by atoms with E-state index in [2.05, 4.69) is 10.2 Å². The molecule has 0 amide bonds. The van der Waals surface area contributed by atoms with Crippen molar-refractivity contribution in [1.82, 2.24) is 10.2 Å². The van der Waals surface area contributed by atoms with E-state index >= 15 is 0 Å². The van der Waals surface area contributed by atoms with E-state index in [-0.39, 0.29) is 0 Å². The SMILES string of the molecule is O=C(O)C(O)C1(c2cn[nH]c2)CC1. The van der Waals surface area contributed by atoms with Crippen molar-refractivity contribution >= 4 is 5.97 Å². The lowest BCUT2D eigenvalue weighted by molar-refractivity contribution is -0.148. The second kappa shape index (κ2) is 2.56. The molecule has 1 heterocycles. The van der Waals surface area contributed by atoms with Crippen molar-refractivity contribution in [3.05, 3.63) is 18.0 Å². The summed E-state index contributed by atoms with van der Waals surface area (Å²) in [5.74, 6) is -1.17. The van der Waals surface area contributed by atoms with Crippen LogP contribution in [0.25, 0.3) is 0 Å². The zero-order chi connectivity index (χ0) is 9.47. The molecule has 1 aromatic heterocycles. The first-order chi connectivity index (χ1) is 6.17. The number of aliphatic hydroxyl groups is 1. The molecule has 1 unspecified atom stereocenters. The van der Waals surface area contributed by atoms with Gasteiger partial charge in [-0.3, -0.25) is 5.10 Å². The third kappa shape index (κ3) is 1.12. The third-order valence-corrected chi connectivity index (χ3v) is 2.62. The van der Waals surface area contributed by atoms with Gasteiger partial charge in [0.1, 0.15) is 0 Å². The van der Waals surface area contributed by atoms with Crippen LogP contribution in [-0.4, -0.2) is 32.5 Å². The van der Waals surface area contributed by atoms with Gasteiger partial charge < -0.3 is 10.2 Å². The minimum absolute atomic E-state index is 0.584. The lowest BCUT2D eigenvalue weighted by Gasteiger charge is -2.16. The first-order valence-electron chi connectivity index (χ1n) is 4.07. The number of H-pyrrole nitrogens is 1. The molecule has 1 fully saturated rings. The predicted octanol–water partition coefficient (Wildman–Crippen LogP) is -0.113. The van der Waals surface area contributed by atoms with E-state index in [0.29, 0.717) is 12.8 Å². The number of nitrogens with zero attached hydrogens (tertiary/aromatic N) is 1. The summed E-state index contributed by atoms with van der Waals surface area (Å²) < 4.78 is 0. The fourth-order valence-electron chi connectivity index (χ4n) is 1.61. The molecule has 0 spiro atoms. The number of carboxylic acids is 1. The molecular weight excluding hydrogens is 172 g/mol. The van der Waals surface area contributed by atoms with Crippen molar-refractivity contribution in [3.63, 3.8) is 0 Å². The van der Waals surface area contributed by atoms with Gasteiger partial charge in [-0.25, -0.2) is 4.79 Å². The monoisotopic (exact) mass is 182 g/mol. The fraction of sp³-hybridized carbons (Fsp3) is 0.500. The molecule has 70 valence electrons. The smallest absolute Gasteiger partial charge is 0.333 e. The van der Waals surface area contributed by atoms with Crippen LogP contribution in [0.3, 0.4) is 0 Å². The summed E-state index contributed by atoms with van der Waals surface area (Å²) in [7, 11) is 0. The van der Waals surface area contributed by atoms with E-state index < -0.39 is 17.5 Å². The number of carboxylic acid groups (broad SMARTS) is 1. The summed E-state index contributed by atoms with van der Waals surface area (Å²) >= 11 is 0. The maximum Gasteiger partial charge on any atom is 0.333 e. The first-order valence-corrected chi connectivity index (χ1v) is 4.07. The molecule has 2 rings (SSSR count). The van der Waals surface area contributed by atoms with Crippen LogP contribution >= 0.6 is 0 Å². The number of aliphatic carboxylic acids is 1. The highest BCUT2D eigenvalue weighted by Gasteiger charge is 2.54. The molecule has 13 heavy (non-hydrogen) atoms. The van der Waals surface area contributed by atoms with Crippen LogP contribution in [0.15, 0.2) is 12.4 Å². The molecule has 3 N–H and O–H groups in total. The van der Waals surface area contributed by atoms with Crippen LogP contribution < -0.4 is 0 Å². The Bertz CT molecular complexity index is 316. The van der Waals surface area contributed by atoms with Gasteiger partial charge in [0, 0.05) is 11.6 Å². The van der Waals surface area contributed by atoms with Gasteiger partial charge in [-0.2, -0.15) is 5.10 Å². The van der Waals surface area contributed by atoms with Crippen LogP contribution in [0.1, 0.15) is 18.4 Å². The quantitative estimate of drug-likeness (QED) is 0.608. The van der Waals surface area contributed by atoms with E-state index in [1.807, 2.05) is 0 Å². The molecule has 0 radical (unpaired) electrons. The number of aliphatic hydroxyl groups excluding tert-OH is 1. The lowest BCUT2D eigenvalue weighted by Crippen LogP contribution is -2.33. The van der Waals surface area contributed by atoms with Gasteiger partial charge in [0.25, 0.3) is 0 Å². The summed E-state index contributed by atoms with van der Waals surface area (Å²) in [4.78, 5) is 10.6. The van der Waals surface area contributed by atoms with Gasteiger partial charge >= 0.3 is 5.97 Å². The normalized spacial score (nSPS) is 21.0. The van der Waals surface area contributed by atoms with Crippen LogP contribution in [0.5, 0.6) is 0 Å². The van der Waals surface area contributed by atoms with E-state index in [1.165, 1.54) is 0 Å². The van der Waals surface area contributed by atoms with Crippen molar-refractivity contribution in [2.24, 2.45) is 0 Å². The Labute approximate surface area is 74.4 Å². The van der Waals surface area contributed by atoms with Crippen molar-refractivity contribution in [2.75, 3.05) is 0 Å². The minimum Gasteiger partial charge on any atom is -0.479 e. The Morgan fingerprint density at radius 1 is 1.69 bits per heavy atom. The molecule has 1 aliphatic rings. The third-order valence-electron chi connectivity index (χ3n) is 2.62. The second-order valence-electron chi connectivity index (χ2n) is 3.38. The molecule has 5 heteroatoms. The van der Waals surface area contributed by atoms with Crippen LogP contribution in [0.2, 0.25) is 0 Å². The molecule has 5 nitrogen and oxygen atoms in total. The number of hydrogen-bond acceptors (Lipinski definition) is 3. The fourth-order valence-corrected chi connectivity index (χ4v) is 1.61. The number of nitrogens with one attached hydrogen (secondary N) is 1. The van der Waals surface area contributed by atoms with Gasteiger partial charge in [0.15, 0.2) is 6.10 Å². The van der Waals surface area contributed by atoms with Crippen molar-refractivity contribution in [2.45, 2.75) is 24.4 Å². The van der Waals surface area contributed by atoms with Crippen LogP contribution in [0.4, 0.5) is 0 Å². The molecule has 1 atom stereocenters. The number of hydrogen-bond donors (Lipinski definition) is 3. The maximum atomic E-state index is 10.6. The number of aromatic amines is 1. The molecule has 0 bridgehead atoms. The van der Waals surface area contributed by atoms with Gasteiger partial charge in [0.05, 0.1) is 6.20 Å². The van der Waals surface area contributed by atoms with E-state index in [9.17, 15) is 9.90 Å². The largest absolute Gasteiger partial charge is 0.479 e. The number of carbonyl (C=O) groups is 1. The average Bonchev–Trinajstić information content (AvgIpc) is 2.72. The van der Waals surface area contributed by atoms with E-state index in [0.717, 1.165) is 5.56 Å². The van der Waals surface area contributed by atoms with Crippen molar-refractivity contribution < 1.29 is 15.0 Å². The summed E-state index contributed by atoms with van der Waals surface area (Å²) in [5, 5.41) is 24.5. The zero-order valence-corrected chi connectivity index (χ0v) is 6.90. The maximum absolute atomic E-state index is 10.6. The van der Waals surface area contributed by atoms with Gasteiger partial charge in [-0.05, 0) is 18.4 Å². The second-order valence-corrected chi connectivity index (χ2v) is 3.38. The zero-order valence-electron chi connectivity index (χ0n) is 6.90. The van der Waals surface area contributed by atoms with Gasteiger partial charge in [-0.15, -0.1) is 0 Å². The highest BCUT2D eigenvalue weighted by atomic mass is 16.4. The Hall–Kier alpha value is -1.36. The Morgan fingerprint density at radius 2 is 2.38 bits per heavy atom. The molecule has 0 aromatic carbocycles.